The first-order valence-corrected chi connectivity index (χ1v) is 20.0. The molecular formula is C54H50N2. The normalized spacial score (nSPS) is 18.9. The van der Waals surface area contributed by atoms with Gasteiger partial charge in [-0.25, -0.2) is 0 Å². The van der Waals surface area contributed by atoms with E-state index in [9.17, 15) is 0 Å². The van der Waals surface area contributed by atoms with Crippen molar-refractivity contribution in [1.82, 2.24) is 0 Å². The van der Waals surface area contributed by atoms with Crippen LogP contribution in [0.2, 0.25) is 0 Å². The van der Waals surface area contributed by atoms with Gasteiger partial charge in [0.25, 0.3) is 0 Å². The zero-order valence-electron chi connectivity index (χ0n) is 33.4. The maximum atomic E-state index is 2.58. The summed E-state index contributed by atoms with van der Waals surface area (Å²) in [6.07, 6.45) is 10.5. The minimum Gasteiger partial charge on any atom is -0.344 e. The molecule has 0 bridgehead atoms. The van der Waals surface area contributed by atoms with Gasteiger partial charge in [-0.2, -0.15) is 0 Å². The maximum absolute atomic E-state index is 2.58. The number of hydrogen-bond acceptors (Lipinski definition) is 2. The third-order valence-corrected chi connectivity index (χ3v) is 12.8. The highest BCUT2D eigenvalue weighted by Gasteiger charge is 2.50. The molecule has 4 aliphatic rings. The molecular weight excluding hydrogens is 677 g/mol. The van der Waals surface area contributed by atoms with Crippen LogP contribution in [0.25, 0.3) is 16.7 Å². The predicted octanol–water partition coefficient (Wildman–Crippen LogP) is 14.1. The van der Waals surface area contributed by atoms with Crippen molar-refractivity contribution in [1.29, 1.82) is 0 Å². The van der Waals surface area contributed by atoms with Gasteiger partial charge in [0.05, 0.1) is 0 Å². The van der Waals surface area contributed by atoms with Gasteiger partial charge < -0.3 is 9.80 Å². The van der Waals surface area contributed by atoms with E-state index in [0.29, 0.717) is 0 Å². The molecule has 0 aromatic heterocycles. The zero-order chi connectivity index (χ0) is 38.7. The third kappa shape index (κ3) is 5.62. The van der Waals surface area contributed by atoms with Gasteiger partial charge in [0.15, 0.2) is 0 Å². The van der Waals surface area contributed by atoms with Crippen LogP contribution in [-0.4, -0.2) is 7.05 Å². The lowest BCUT2D eigenvalue weighted by molar-refractivity contribution is 0.528. The molecule has 56 heavy (non-hydrogen) atoms. The molecule has 6 aromatic rings. The van der Waals surface area contributed by atoms with Gasteiger partial charge in [-0.05, 0) is 123 Å². The number of hydrogen-bond donors (Lipinski definition) is 0. The summed E-state index contributed by atoms with van der Waals surface area (Å²) in [7, 11) is 2.22. The topological polar surface area (TPSA) is 6.48 Å². The largest absolute Gasteiger partial charge is 0.344 e. The lowest BCUT2D eigenvalue weighted by atomic mass is 9.63. The lowest BCUT2D eigenvalue weighted by Crippen LogP contribution is -2.33. The number of anilines is 4. The average molecular weight is 727 g/mol. The molecule has 10 rings (SSSR count). The van der Waals surface area contributed by atoms with Crippen molar-refractivity contribution >= 4 is 28.3 Å². The van der Waals surface area contributed by atoms with Crippen molar-refractivity contribution in [2.75, 3.05) is 16.8 Å². The summed E-state index contributed by atoms with van der Waals surface area (Å²) in [5.41, 5.74) is 18.4. The molecule has 4 aliphatic carbocycles. The van der Waals surface area contributed by atoms with Gasteiger partial charge in [-0.3, -0.25) is 0 Å². The molecule has 0 amide bonds. The molecule has 0 aliphatic heterocycles. The van der Waals surface area contributed by atoms with E-state index in [1.54, 1.807) is 0 Å². The van der Waals surface area contributed by atoms with E-state index in [1.807, 2.05) is 36.4 Å². The fourth-order valence-electron chi connectivity index (χ4n) is 9.72. The second-order valence-electron chi connectivity index (χ2n) is 16.8. The van der Waals surface area contributed by atoms with E-state index in [0.717, 1.165) is 17.8 Å². The Hall–Kier alpha value is -6.12. The molecule has 1 unspecified atom stereocenters. The van der Waals surface area contributed by atoms with E-state index < -0.39 is 0 Å². The van der Waals surface area contributed by atoms with Crippen LogP contribution in [0.5, 0.6) is 0 Å². The molecule has 0 N–H and O–H groups in total. The molecule has 0 radical (unpaired) electrons. The number of rotatable bonds is 5. The van der Waals surface area contributed by atoms with Crippen LogP contribution >= 0.6 is 0 Å². The number of likely N-dealkylation sites (N-methyl/N-ethyl adjacent to an activating group) is 1. The number of benzene rings is 6. The monoisotopic (exact) mass is 726 g/mol. The fourth-order valence-corrected chi connectivity index (χ4v) is 9.72. The van der Waals surface area contributed by atoms with Crippen LogP contribution in [0.1, 0.15) is 63.3 Å². The second-order valence-corrected chi connectivity index (χ2v) is 16.8. The Balaban J connectivity index is 0.000000626. The molecule has 276 valence electrons. The highest BCUT2D eigenvalue weighted by atomic mass is 15.1. The summed E-state index contributed by atoms with van der Waals surface area (Å²) in [6, 6.07) is 56.5. The van der Waals surface area contributed by atoms with E-state index in [1.165, 1.54) is 67.2 Å². The third-order valence-electron chi connectivity index (χ3n) is 12.8. The molecule has 2 nitrogen and oxygen atoms in total. The summed E-state index contributed by atoms with van der Waals surface area (Å²) in [5, 5.41) is 0. The maximum Gasteiger partial charge on any atom is 0.0465 e. The van der Waals surface area contributed by atoms with Gasteiger partial charge in [-0.1, -0.05) is 150 Å². The highest BCUT2D eigenvalue weighted by Crippen LogP contribution is 2.63. The Morgan fingerprint density at radius 2 is 0.982 bits per heavy atom. The first-order chi connectivity index (χ1) is 27.1. The number of para-hydroxylation sites is 3. The van der Waals surface area contributed by atoms with Crippen LogP contribution in [-0.2, 0) is 10.8 Å². The summed E-state index contributed by atoms with van der Waals surface area (Å²) in [6.45, 7) is 12.2. The second kappa shape index (κ2) is 13.6. The number of fused-ring (bicyclic) bond motifs is 7. The first-order valence-electron chi connectivity index (χ1n) is 20.0. The Morgan fingerprint density at radius 1 is 0.482 bits per heavy atom. The van der Waals surface area contributed by atoms with Crippen LogP contribution in [0, 0.1) is 5.41 Å². The van der Waals surface area contributed by atoms with Crippen molar-refractivity contribution in [2.24, 2.45) is 5.41 Å². The summed E-state index contributed by atoms with van der Waals surface area (Å²) in [4.78, 5) is 4.76. The van der Waals surface area contributed by atoms with Crippen LogP contribution in [0.4, 0.5) is 22.7 Å². The van der Waals surface area contributed by atoms with E-state index in [2.05, 4.69) is 197 Å². The number of allylic oxidation sites excluding steroid dienone is 7. The molecule has 2 heteroatoms. The summed E-state index contributed by atoms with van der Waals surface area (Å²) >= 11 is 0. The minimum atomic E-state index is -0.155. The molecule has 0 saturated heterocycles. The molecule has 6 aromatic carbocycles. The Kier molecular flexibility index (Phi) is 8.62. The Bertz CT molecular complexity index is 2490. The fraction of sp³-hybridized carbons (Fsp3) is 0.185. The van der Waals surface area contributed by atoms with Crippen LogP contribution in [0.3, 0.4) is 0 Å². The standard InChI is InChI=1S/C48H44N2.C6H6/c1-46(2)40-28-35(50(33-20-12-8-13-21-33)34-22-14-9-15-23-34)25-26-36(40)37-29-42-38(30-41(37)46)45-43(47(42,3)4)31-44(39-24-16-17-27-48(39,45)5)49(6)32-18-10-7-11-19-32;1-2-4-6-5-3-1/h7-26,28-31H,27H2,1-6H3;1-6H. The molecule has 0 heterocycles. The molecule has 1 atom stereocenters. The van der Waals surface area contributed by atoms with Gasteiger partial charge in [-0.15, -0.1) is 0 Å². The van der Waals surface area contributed by atoms with Gasteiger partial charge in [0.2, 0.25) is 0 Å². The molecule has 0 saturated carbocycles. The SMILES string of the molecule is CN(C1=CC2=C(c3cc4c(cc3C2(C)C)-c2ccc(N(c3ccccc3)c3ccccc3)cc2C4(C)C)C2(C)CC=CC=C12)c1ccccc1.c1ccccc1. The average Bonchev–Trinajstić information content (AvgIpc) is 3.60. The minimum absolute atomic E-state index is 0.122. The zero-order valence-corrected chi connectivity index (χ0v) is 33.4. The smallest absolute Gasteiger partial charge is 0.0465 e. The first kappa shape index (κ1) is 35.6. The summed E-state index contributed by atoms with van der Waals surface area (Å²) < 4.78 is 0. The quantitative estimate of drug-likeness (QED) is 0.175. The van der Waals surface area contributed by atoms with Crippen molar-refractivity contribution in [3.63, 3.8) is 0 Å². The van der Waals surface area contributed by atoms with Gasteiger partial charge >= 0.3 is 0 Å². The van der Waals surface area contributed by atoms with E-state index >= 15 is 0 Å². The number of nitrogens with zero attached hydrogens (tertiary/aromatic N) is 2. The lowest BCUT2D eigenvalue weighted by Gasteiger charge is -2.43. The van der Waals surface area contributed by atoms with Gasteiger partial charge in [0.1, 0.15) is 0 Å². The molecule has 0 fully saturated rings. The van der Waals surface area contributed by atoms with Gasteiger partial charge in [0, 0.05) is 51.7 Å². The summed E-state index contributed by atoms with van der Waals surface area (Å²) in [5.74, 6) is 0. The van der Waals surface area contributed by atoms with Crippen molar-refractivity contribution in [3.8, 4) is 11.1 Å². The van der Waals surface area contributed by atoms with E-state index in [-0.39, 0.29) is 16.2 Å². The Morgan fingerprint density at radius 3 is 1.57 bits per heavy atom. The van der Waals surface area contributed by atoms with Crippen LogP contribution < -0.4 is 9.80 Å². The van der Waals surface area contributed by atoms with Crippen molar-refractivity contribution < 1.29 is 0 Å². The van der Waals surface area contributed by atoms with Crippen LogP contribution in [0.15, 0.2) is 199 Å². The molecule has 0 spiro atoms. The Labute approximate surface area is 333 Å². The highest BCUT2D eigenvalue weighted by molar-refractivity contribution is 5.95. The van der Waals surface area contributed by atoms with Crippen molar-refractivity contribution in [3.05, 3.63) is 221 Å². The predicted molar refractivity (Wildman–Crippen MR) is 238 cm³/mol. The van der Waals surface area contributed by atoms with E-state index in [4.69, 9.17) is 0 Å². The van der Waals surface area contributed by atoms with Crippen molar-refractivity contribution in [2.45, 2.75) is 51.9 Å².